The summed E-state index contributed by atoms with van der Waals surface area (Å²) in [6.07, 6.45) is 6.19. The zero-order chi connectivity index (χ0) is 13.1. The van der Waals surface area contributed by atoms with Crippen LogP contribution in [-0.2, 0) is 0 Å². The minimum absolute atomic E-state index is 0.563. The van der Waals surface area contributed by atoms with Gasteiger partial charge in [-0.1, -0.05) is 12.1 Å². The molecule has 100 valence electrons. The third-order valence-electron chi connectivity index (χ3n) is 3.73. The quantitative estimate of drug-likeness (QED) is 0.915. The third-order valence-corrected chi connectivity index (χ3v) is 3.73. The number of benzene rings is 1. The van der Waals surface area contributed by atoms with Crippen LogP contribution in [0.15, 0.2) is 42.7 Å². The molecule has 1 aliphatic rings. The Morgan fingerprint density at radius 2 is 1.95 bits per heavy atom. The first-order chi connectivity index (χ1) is 9.33. The smallest absolute Gasteiger partial charge is 0.0876 e. The molecule has 2 aromatic rings. The zero-order valence-electron chi connectivity index (χ0n) is 11.3. The van der Waals surface area contributed by atoms with Gasteiger partial charge >= 0.3 is 0 Å². The SMILES string of the molecule is CN1CCC(Nc2ccccc2-n2cccn2)CC1. The highest BCUT2D eigenvalue weighted by Crippen LogP contribution is 2.22. The molecule has 0 radical (unpaired) electrons. The van der Waals surface area contributed by atoms with Gasteiger partial charge in [0.25, 0.3) is 0 Å². The molecule has 1 aromatic carbocycles. The van der Waals surface area contributed by atoms with Crippen LogP contribution in [0.3, 0.4) is 0 Å². The summed E-state index contributed by atoms with van der Waals surface area (Å²) in [5, 5.41) is 7.99. The number of anilines is 1. The van der Waals surface area contributed by atoms with Crippen molar-refractivity contribution in [2.75, 3.05) is 25.5 Å². The third kappa shape index (κ3) is 2.79. The van der Waals surface area contributed by atoms with Gasteiger partial charge in [-0.25, -0.2) is 4.68 Å². The number of hydrogen-bond acceptors (Lipinski definition) is 3. The number of likely N-dealkylation sites (tertiary alicyclic amines) is 1. The highest BCUT2D eigenvalue weighted by molar-refractivity contribution is 5.61. The van der Waals surface area contributed by atoms with E-state index in [1.807, 2.05) is 23.1 Å². The molecule has 4 heteroatoms. The van der Waals surface area contributed by atoms with Crippen molar-refractivity contribution in [3.8, 4) is 5.69 Å². The average molecular weight is 256 g/mol. The summed E-state index contributed by atoms with van der Waals surface area (Å²) in [6.45, 7) is 2.34. The highest BCUT2D eigenvalue weighted by atomic mass is 15.3. The minimum Gasteiger partial charge on any atom is -0.380 e. The Morgan fingerprint density at radius 3 is 2.68 bits per heavy atom. The molecule has 0 amide bonds. The van der Waals surface area contributed by atoms with E-state index in [4.69, 9.17) is 0 Å². The summed E-state index contributed by atoms with van der Waals surface area (Å²) < 4.78 is 1.91. The Labute approximate surface area is 114 Å². The molecule has 4 nitrogen and oxygen atoms in total. The van der Waals surface area contributed by atoms with Crippen LogP contribution in [0.1, 0.15) is 12.8 Å². The van der Waals surface area contributed by atoms with Crippen molar-refractivity contribution in [1.29, 1.82) is 0 Å². The van der Waals surface area contributed by atoms with E-state index in [2.05, 4.69) is 46.6 Å². The number of rotatable bonds is 3. The summed E-state index contributed by atoms with van der Waals surface area (Å²) >= 11 is 0. The van der Waals surface area contributed by atoms with E-state index in [0.29, 0.717) is 6.04 Å². The first-order valence-electron chi connectivity index (χ1n) is 6.87. The molecule has 0 bridgehead atoms. The van der Waals surface area contributed by atoms with E-state index in [0.717, 1.165) is 5.69 Å². The Balaban J connectivity index is 1.78. The van der Waals surface area contributed by atoms with Gasteiger partial charge in [-0.15, -0.1) is 0 Å². The lowest BCUT2D eigenvalue weighted by atomic mass is 10.0. The zero-order valence-corrected chi connectivity index (χ0v) is 11.3. The molecule has 0 spiro atoms. The second-order valence-electron chi connectivity index (χ2n) is 5.19. The molecule has 2 heterocycles. The summed E-state index contributed by atoms with van der Waals surface area (Å²) in [6, 6.07) is 10.9. The Morgan fingerprint density at radius 1 is 1.16 bits per heavy atom. The second-order valence-corrected chi connectivity index (χ2v) is 5.19. The minimum atomic E-state index is 0.563. The predicted molar refractivity (Wildman–Crippen MR) is 77.7 cm³/mol. The number of hydrogen-bond donors (Lipinski definition) is 1. The van der Waals surface area contributed by atoms with Crippen molar-refractivity contribution in [3.63, 3.8) is 0 Å². The van der Waals surface area contributed by atoms with Crippen LogP contribution in [0, 0.1) is 0 Å². The van der Waals surface area contributed by atoms with Gasteiger partial charge in [-0.2, -0.15) is 5.10 Å². The van der Waals surface area contributed by atoms with Crippen LogP contribution in [0.4, 0.5) is 5.69 Å². The highest BCUT2D eigenvalue weighted by Gasteiger charge is 2.17. The summed E-state index contributed by atoms with van der Waals surface area (Å²) in [7, 11) is 2.19. The molecule has 0 atom stereocenters. The van der Waals surface area contributed by atoms with Gasteiger partial charge in [-0.05, 0) is 51.2 Å². The van der Waals surface area contributed by atoms with Crippen LogP contribution in [-0.4, -0.2) is 40.9 Å². The van der Waals surface area contributed by atoms with Crippen molar-refractivity contribution in [1.82, 2.24) is 14.7 Å². The van der Waals surface area contributed by atoms with Crippen LogP contribution < -0.4 is 5.32 Å². The maximum atomic E-state index is 4.32. The van der Waals surface area contributed by atoms with Gasteiger partial charge in [0.1, 0.15) is 0 Å². The van der Waals surface area contributed by atoms with Crippen molar-refractivity contribution < 1.29 is 0 Å². The molecule has 1 aliphatic heterocycles. The molecule has 1 N–H and O–H groups in total. The number of piperidine rings is 1. The maximum absolute atomic E-state index is 4.32. The molecule has 0 unspecified atom stereocenters. The van der Waals surface area contributed by atoms with Gasteiger partial charge in [0.15, 0.2) is 0 Å². The normalized spacial score (nSPS) is 17.5. The van der Waals surface area contributed by atoms with E-state index in [9.17, 15) is 0 Å². The van der Waals surface area contributed by atoms with Gasteiger partial charge in [0, 0.05) is 18.4 Å². The van der Waals surface area contributed by atoms with Gasteiger partial charge in [0.05, 0.1) is 11.4 Å². The molecule has 0 saturated carbocycles. The first kappa shape index (κ1) is 12.2. The van der Waals surface area contributed by atoms with E-state index in [1.54, 1.807) is 0 Å². The maximum Gasteiger partial charge on any atom is 0.0876 e. The van der Waals surface area contributed by atoms with Crippen LogP contribution in [0.2, 0.25) is 0 Å². The Hall–Kier alpha value is -1.81. The van der Waals surface area contributed by atoms with E-state index >= 15 is 0 Å². The number of para-hydroxylation sites is 2. The number of aromatic nitrogens is 2. The van der Waals surface area contributed by atoms with Gasteiger partial charge in [0.2, 0.25) is 0 Å². The van der Waals surface area contributed by atoms with Crippen molar-refractivity contribution in [3.05, 3.63) is 42.7 Å². The lowest BCUT2D eigenvalue weighted by Gasteiger charge is -2.30. The average Bonchev–Trinajstić information content (AvgIpc) is 2.96. The second kappa shape index (κ2) is 5.45. The molecule has 0 aliphatic carbocycles. The Bertz CT molecular complexity index is 513. The molecular weight excluding hydrogens is 236 g/mol. The molecule has 19 heavy (non-hydrogen) atoms. The van der Waals surface area contributed by atoms with Crippen molar-refractivity contribution in [2.45, 2.75) is 18.9 Å². The van der Waals surface area contributed by atoms with E-state index < -0.39 is 0 Å². The fraction of sp³-hybridized carbons (Fsp3) is 0.400. The molecular formula is C15H20N4. The van der Waals surface area contributed by atoms with Crippen LogP contribution in [0.25, 0.3) is 5.69 Å². The fourth-order valence-electron chi connectivity index (χ4n) is 2.58. The molecule has 1 saturated heterocycles. The van der Waals surface area contributed by atoms with Crippen LogP contribution in [0.5, 0.6) is 0 Å². The number of nitrogens with one attached hydrogen (secondary N) is 1. The summed E-state index contributed by atoms with van der Waals surface area (Å²) in [4.78, 5) is 2.39. The van der Waals surface area contributed by atoms with E-state index in [-0.39, 0.29) is 0 Å². The topological polar surface area (TPSA) is 33.1 Å². The van der Waals surface area contributed by atoms with Crippen LogP contribution >= 0.6 is 0 Å². The molecule has 3 rings (SSSR count). The van der Waals surface area contributed by atoms with E-state index in [1.165, 1.54) is 31.6 Å². The monoisotopic (exact) mass is 256 g/mol. The molecule has 1 aromatic heterocycles. The summed E-state index contributed by atoms with van der Waals surface area (Å²) in [5.41, 5.74) is 2.28. The first-order valence-corrected chi connectivity index (χ1v) is 6.87. The van der Waals surface area contributed by atoms with Crippen molar-refractivity contribution in [2.24, 2.45) is 0 Å². The van der Waals surface area contributed by atoms with Gasteiger partial charge in [-0.3, -0.25) is 0 Å². The molecule has 1 fully saturated rings. The fourth-order valence-corrected chi connectivity index (χ4v) is 2.58. The van der Waals surface area contributed by atoms with Crippen molar-refractivity contribution >= 4 is 5.69 Å². The number of nitrogens with zero attached hydrogens (tertiary/aromatic N) is 3. The van der Waals surface area contributed by atoms with Gasteiger partial charge < -0.3 is 10.2 Å². The standard InChI is InChI=1S/C15H20N4/c1-18-11-7-13(8-12-18)17-14-5-2-3-6-15(14)19-10-4-9-16-19/h2-6,9-10,13,17H,7-8,11-12H2,1H3. The lowest BCUT2D eigenvalue weighted by molar-refractivity contribution is 0.264. The predicted octanol–water partition coefficient (Wildman–Crippen LogP) is 2.38. The Kier molecular flexibility index (Phi) is 3.51. The summed E-state index contributed by atoms with van der Waals surface area (Å²) in [5.74, 6) is 0. The largest absolute Gasteiger partial charge is 0.380 e. The lowest BCUT2D eigenvalue weighted by Crippen LogP contribution is -2.36.